The topological polar surface area (TPSA) is 76.0 Å². The third-order valence-corrected chi connectivity index (χ3v) is 7.28. The van der Waals surface area contributed by atoms with Gasteiger partial charge in [-0.05, 0) is 29.8 Å². The Bertz CT molecular complexity index is 1630. The number of anilines is 1. The minimum atomic E-state index is -0.447. The minimum absolute atomic E-state index is 0.0268. The first-order valence-electron chi connectivity index (χ1n) is 11.6. The van der Waals surface area contributed by atoms with Gasteiger partial charge < -0.3 is 4.90 Å². The Hall–Kier alpha value is -4.37. The molecule has 4 aromatic rings. The van der Waals surface area contributed by atoms with Gasteiger partial charge in [0.15, 0.2) is 0 Å². The fourth-order valence-electron chi connectivity index (χ4n) is 4.58. The lowest BCUT2D eigenvalue weighted by Gasteiger charge is -2.23. The number of allylic oxidation sites excluding steroid dienone is 2. The monoisotopic (exact) mass is 513 g/mol. The first kappa shape index (κ1) is 24.3. The molecule has 1 aliphatic heterocycles. The number of nitro groups is 1. The zero-order chi connectivity index (χ0) is 26.2. The average molecular weight is 514 g/mol. The molecule has 1 aromatic heterocycles. The summed E-state index contributed by atoms with van der Waals surface area (Å²) in [5.41, 5.74) is 4.59. The Morgan fingerprint density at radius 3 is 2.57 bits per heavy atom. The van der Waals surface area contributed by atoms with Crippen LogP contribution in [-0.4, -0.2) is 22.9 Å². The molecule has 0 amide bonds. The predicted octanol–water partition coefficient (Wildman–Crippen LogP) is 6.64. The van der Waals surface area contributed by atoms with Gasteiger partial charge in [-0.15, -0.1) is 11.3 Å². The number of fused-ring (bicyclic) bond motifs is 1. The van der Waals surface area contributed by atoms with E-state index in [2.05, 4.69) is 41.0 Å². The standard InChI is InChI=1S/C28H24FN5O2S/c1-28(2)21-11-4-7-14-24(21)32(3)26(28)15-16-30-33-25(19-9-8-10-20(17-19)34(35)36)18-37-27(33)31-23-13-6-5-12-22(23)29/h4-18H,1-3H3. The van der Waals surface area contributed by atoms with E-state index < -0.39 is 10.7 Å². The van der Waals surface area contributed by atoms with Gasteiger partial charge in [0.1, 0.15) is 11.5 Å². The van der Waals surface area contributed by atoms with Crippen LogP contribution in [0.25, 0.3) is 11.3 Å². The van der Waals surface area contributed by atoms with Crippen molar-refractivity contribution in [1.82, 2.24) is 4.68 Å². The Kier molecular flexibility index (Phi) is 6.31. The lowest BCUT2D eigenvalue weighted by atomic mass is 9.84. The van der Waals surface area contributed by atoms with Crippen molar-refractivity contribution in [2.24, 2.45) is 10.1 Å². The Morgan fingerprint density at radius 2 is 1.81 bits per heavy atom. The first-order valence-corrected chi connectivity index (χ1v) is 12.5. The van der Waals surface area contributed by atoms with Crippen LogP contribution in [0.15, 0.2) is 100 Å². The van der Waals surface area contributed by atoms with Crippen LogP contribution in [0.3, 0.4) is 0 Å². The van der Waals surface area contributed by atoms with Crippen molar-refractivity contribution in [2.45, 2.75) is 19.3 Å². The highest BCUT2D eigenvalue weighted by molar-refractivity contribution is 7.07. The molecule has 0 aliphatic carbocycles. The van der Waals surface area contributed by atoms with E-state index in [0.29, 0.717) is 16.1 Å². The largest absolute Gasteiger partial charge is 0.347 e. The molecule has 9 heteroatoms. The number of rotatable bonds is 5. The van der Waals surface area contributed by atoms with Crippen LogP contribution in [0, 0.1) is 15.9 Å². The average Bonchev–Trinajstić information content (AvgIpc) is 3.37. The minimum Gasteiger partial charge on any atom is -0.347 e. The Morgan fingerprint density at radius 1 is 1.05 bits per heavy atom. The number of hydrogen-bond donors (Lipinski definition) is 0. The number of halogens is 1. The third kappa shape index (κ3) is 4.49. The maximum absolute atomic E-state index is 14.4. The summed E-state index contributed by atoms with van der Waals surface area (Å²) in [7, 11) is 2.03. The number of hydrogen-bond acceptors (Lipinski definition) is 6. The van der Waals surface area contributed by atoms with E-state index in [1.165, 1.54) is 35.1 Å². The van der Waals surface area contributed by atoms with E-state index in [-0.39, 0.29) is 16.8 Å². The lowest BCUT2D eigenvalue weighted by molar-refractivity contribution is -0.384. The van der Waals surface area contributed by atoms with Crippen LogP contribution >= 0.6 is 11.3 Å². The third-order valence-electron chi connectivity index (χ3n) is 6.46. The van der Waals surface area contributed by atoms with Crippen molar-refractivity contribution in [1.29, 1.82) is 0 Å². The predicted molar refractivity (Wildman–Crippen MR) is 146 cm³/mol. The summed E-state index contributed by atoms with van der Waals surface area (Å²) in [6, 6.07) is 20.9. The fraction of sp³-hybridized carbons (Fsp3) is 0.143. The zero-order valence-corrected chi connectivity index (χ0v) is 21.3. The first-order chi connectivity index (χ1) is 17.8. The van der Waals surface area contributed by atoms with Gasteiger partial charge in [0.25, 0.3) is 5.69 Å². The number of nitro benzene ring substituents is 1. The van der Waals surface area contributed by atoms with Crippen molar-refractivity contribution >= 4 is 34.6 Å². The number of non-ortho nitro benzene ring substituents is 1. The van der Waals surface area contributed by atoms with Gasteiger partial charge >= 0.3 is 0 Å². The highest BCUT2D eigenvalue weighted by atomic mass is 32.1. The summed E-state index contributed by atoms with van der Waals surface area (Å²) < 4.78 is 16.0. The molecule has 0 atom stereocenters. The molecule has 0 saturated heterocycles. The normalized spacial score (nSPS) is 16.1. The molecule has 7 nitrogen and oxygen atoms in total. The van der Waals surface area contributed by atoms with Crippen LogP contribution in [0.1, 0.15) is 19.4 Å². The molecule has 0 N–H and O–H groups in total. The van der Waals surface area contributed by atoms with Crippen LogP contribution < -0.4 is 9.70 Å². The van der Waals surface area contributed by atoms with Crippen molar-refractivity contribution in [3.8, 4) is 11.3 Å². The second-order valence-electron chi connectivity index (χ2n) is 9.10. The molecular formula is C28H24FN5O2S. The maximum atomic E-state index is 14.4. The second kappa shape index (κ2) is 9.59. The van der Waals surface area contributed by atoms with Crippen LogP contribution in [0.4, 0.5) is 21.5 Å². The second-order valence-corrected chi connectivity index (χ2v) is 9.94. The molecule has 186 valence electrons. The molecule has 0 unspecified atom stereocenters. The summed E-state index contributed by atoms with van der Waals surface area (Å²) >= 11 is 1.28. The molecule has 1 aliphatic rings. The van der Waals surface area contributed by atoms with Crippen molar-refractivity contribution < 1.29 is 9.31 Å². The van der Waals surface area contributed by atoms with Gasteiger partial charge in [0.05, 0.1) is 10.6 Å². The SMILES string of the molecule is CN1C(=CC=Nn2c(-c3cccc([N+](=O)[O-])c3)csc2=Nc2ccccc2F)C(C)(C)c2ccccc21. The van der Waals surface area contributed by atoms with Crippen LogP contribution in [0.5, 0.6) is 0 Å². The summed E-state index contributed by atoms with van der Waals surface area (Å²) in [5.74, 6) is -0.447. The molecule has 0 fully saturated rings. The van der Waals surface area contributed by atoms with E-state index >= 15 is 0 Å². The highest BCUT2D eigenvalue weighted by Gasteiger charge is 2.37. The maximum Gasteiger partial charge on any atom is 0.270 e. The van der Waals surface area contributed by atoms with Gasteiger partial charge in [-0.3, -0.25) is 10.1 Å². The van der Waals surface area contributed by atoms with Gasteiger partial charge in [0, 0.05) is 53.1 Å². The van der Waals surface area contributed by atoms with Crippen molar-refractivity contribution in [2.75, 3.05) is 11.9 Å². The molecule has 2 heterocycles. The molecule has 0 bridgehead atoms. The van der Waals surface area contributed by atoms with E-state index in [4.69, 9.17) is 0 Å². The summed E-state index contributed by atoms with van der Waals surface area (Å²) in [6.07, 6.45) is 3.64. The molecular weight excluding hydrogens is 489 g/mol. The number of thiazole rings is 1. The summed E-state index contributed by atoms with van der Waals surface area (Å²) in [6.45, 7) is 4.33. The number of likely N-dealkylation sites (N-methyl/N-ethyl adjacent to an activating group) is 1. The van der Waals surface area contributed by atoms with E-state index in [1.54, 1.807) is 41.2 Å². The molecule has 0 spiro atoms. The van der Waals surface area contributed by atoms with E-state index in [0.717, 1.165) is 11.4 Å². The Balaban J connectivity index is 1.62. The molecule has 0 radical (unpaired) electrons. The number of aromatic nitrogens is 1. The number of nitrogens with zero attached hydrogens (tertiary/aromatic N) is 5. The smallest absolute Gasteiger partial charge is 0.270 e. The summed E-state index contributed by atoms with van der Waals surface area (Å²) in [4.78, 5) is 18.0. The fourth-order valence-corrected chi connectivity index (χ4v) is 5.43. The molecule has 37 heavy (non-hydrogen) atoms. The quantitative estimate of drug-likeness (QED) is 0.170. The lowest BCUT2D eigenvalue weighted by Crippen LogP contribution is -2.23. The molecule has 0 saturated carbocycles. The van der Waals surface area contributed by atoms with E-state index in [1.807, 2.05) is 30.6 Å². The molecule has 3 aromatic carbocycles. The van der Waals surface area contributed by atoms with Crippen LogP contribution in [0.2, 0.25) is 0 Å². The zero-order valence-electron chi connectivity index (χ0n) is 20.5. The highest BCUT2D eigenvalue weighted by Crippen LogP contribution is 2.46. The summed E-state index contributed by atoms with van der Waals surface area (Å²) in [5, 5.41) is 17.8. The Labute approximate surface area is 217 Å². The van der Waals surface area contributed by atoms with Gasteiger partial charge in [0.2, 0.25) is 4.80 Å². The molecule has 5 rings (SSSR count). The number of benzene rings is 3. The van der Waals surface area contributed by atoms with Crippen LogP contribution in [-0.2, 0) is 5.41 Å². The van der Waals surface area contributed by atoms with Gasteiger partial charge in [-0.25, -0.2) is 14.1 Å². The van der Waals surface area contributed by atoms with Crippen molar-refractivity contribution in [3.63, 3.8) is 0 Å². The van der Waals surface area contributed by atoms with E-state index in [9.17, 15) is 14.5 Å². The van der Waals surface area contributed by atoms with Gasteiger partial charge in [-0.2, -0.15) is 5.10 Å². The van der Waals surface area contributed by atoms with Gasteiger partial charge in [-0.1, -0.05) is 56.3 Å². The number of para-hydroxylation sites is 2. The van der Waals surface area contributed by atoms with Crippen molar-refractivity contribution in [3.05, 3.63) is 116 Å².